The Balaban J connectivity index is 1.78. The number of carboxylic acid groups (broad SMARTS) is 1. The number of hydrogen-bond donors (Lipinski definition) is 1. The quantitative estimate of drug-likeness (QED) is 0.491. The highest BCUT2D eigenvalue weighted by Gasteiger charge is 2.26. The van der Waals surface area contributed by atoms with Gasteiger partial charge in [0.15, 0.2) is 0 Å². The predicted molar refractivity (Wildman–Crippen MR) is 115 cm³/mol. The van der Waals surface area contributed by atoms with Crippen LogP contribution in [0, 0.1) is 18.8 Å². The summed E-state index contributed by atoms with van der Waals surface area (Å²) in [5.41, 5.74) is 1.68. The fourth-order valence-corrected chi connectivity index (χ4v) is 2.89. The highest BCUT2D eigenvalue weighted by molar-refractivity contribution is 8.01. The Morgan fingerprint density at radius 1 is 1.34 bits per heavy atom. The second-order valence-corrected chi connectivity index (χ2v) is 8.68. The average Bonchev–Trinajstić information content (AvgIpc) is 3.04. The minimum absolute atomic E-state index is 0.299. The van der Waals surface area contributed by atoms with E-state index >= 15 is 0 Å². The molecule has 7 nitrogen and oxygen atoms in total. The third kappa shape index (κ3) is 6.80. The topological polar surface area (TPSA) is 88.7 Å². The van der Waals surface area contributed by atoms with E-state index < -0.39 is 10.7 Å². The largest absolute Gasteiger partial charge is 0.480 e. The Bertz CT molecular complexity index is 880. The van der Waals surface area contributed by atoms with Crippen molar-refractivity contribution in [1.82, 2.24) is 9.97 Å². The number of carbonyl (C=O) groups is 1. The molecule has 0 unspecified atom stereocenters. The Morgan fingerprint density at radius 2 is 2.10 bits per heavy atom. The molecule has 0 atom stereocenters. The van der Waals surface area contributed by atoms with Gasteiger partial charge in [-0.05, 0) is 32.9 Å². The fraction of sp³-hybridized carbons (Fsp3) is 0.476. The number of anilines is 1. The van der Waals surface area contributed by atoms with Crippen LogP contribution in [-0.4, -0.2) is 58.9 Å². The molecule has 2 heterocycles. The molecule has 0 amide bonds. The van der Waals surface area contributed by atoms with E-state index in [0.717, 1.165) is 22.8 Å². The van der Waals surface area contributed by atoms with Crippen LogP contribution in [-0.2, 0) is 16.0 Å². The van der Waals surface area contributed by atoms with Gasteiger partial charge in [0.25, 0.3) is 0 Å². The molecule has 29 heavy (non-hydrogen) atoms. The second kappa shape index (κ2) is 10.3. The first-order valence-corrected chi connectivity index (χ1v) is 10.2. The van der Waals surface area contributed by atoms with E-state index in [2.05, 4.69) is 21.8 Å². The van der Waals surface area contributed by atoms with E-state index in [9.17, 15) is 4.79 Å². The van der Waals surface area contributed by atoms with Crippen LogP contribution >= 0.6 is 11.8 Å². The van der Waals surface area contributed by atoms with E-state index in [1.807, 2.05) is 38.1 Å². The van der Waals surface area contributed by atoms with Crippen LogP contribution in [0.25, 0.3) is 11.5 Å². The molecule has 2 rings (SSSR count). The summed E-state index contributed by atoms with van der Waals surface area (Å²) in [5.74, 6) is 7.62. The highest BCUT2D eigenvalue weighted by Crippen LogP contribution is 2.24. The van der Waals surface area contributed by atoms with Gasteiger partial charge in [-0.2, -0.15) is 0 Å². The molecule has 0 radical (unpaired) electrons. The normalized spacial score (nSPS) is 11.1. The average molecular weight is 418 g/mol. The first-order valence-electron chi connectivity index (χ1n) is 9.21. The van der Waals surface area contributed by atoms with Crippen molar-refractivity contribution in [2.75, 3.05) is 38.0 Å². The molecule has 8 heteroatoms. The molecule has 2 aromatic heterocycles. The molecule has 0 aliphatic rings. The molecule has 156 valence electrons. The lowest BCUT2D eigenvalue weighted by molar-refractivity contribution is -0.138. The SMILES string of the molecule is Cc1oc(-c2ccc(N(C)C)nc2)nc1CCOCC#CCSC(C)(C)C(=O)O. The van der Waals surface area contributed by atoms with E-state index in [1.54, 1.807) is 20.0 Å². The monoisotopic (exact) mass is 417 g/mol. The molecule has 1 N–H and O–H groups in total. The lowest BCUT2D eigenvalue weighted by Gasteiger charge is -2.16. The number of aromatic nitrogens is 2. The van der Waals surface area contributed by atoms with Gasteiger partial charge >= 0.3 is 5.97 Å². The summed E-state index contributed by atoms with van der Waals surface area (Å²) >= 11 is 1.29. The minimum atomic E-state index is -0.840. The lowest BCUT2D eigenvalue weighted by atomic mass is 10.2. The number of ether oxygens (including phenoxy) is 1. The molecule has 0 saturated heterocycles. The molecule has 0 aliphatic heterocycles. The van der Waals surface area contributed by atoms with Gasteiger partial charge < -0.3 is 19.2 Å². The number of carboxylic acids is 1. The Hall–Kier alpha value is -2.50. The van der Waals surface area contributed by atoms with Crippen molar-refractivity contribution in [3.8, 4) is 23.3 Å². The molecule has 0 aromatic carbocycles. The van der Waals surface area contributed by atoms with Crippen molar-refractivity contribution in [1.29, 1.82) is 0 Å². The number of thioether (sulfide) groups is 1. The van der Waals surface area contributed by atoms with Gasteiger partial charge in [0, 0.05) is 26.7 Å². The van der Waals surface area contributed by atoms with E-state index in [0.29, 0.717) is 31.3 Å². The summed E-state index contributed by atoms with van der Waals surface area (Å²) < 4.78 is 10.5. The number of nitrogens with zero attached hydrogens (tertiary/aromatic N) is 3. The van der Waals surface area contributed by atoms with E-state index in [1.165, 1.54) is 11.8 Å². The molecular formula is C21H27N3O4S. The molecule has 0 saturated carbocycles. The van der Waals surface area contributed by atoms with E-state index in [-0.39, 0.29) is 0 Å². The van der Waals surface area contributed by atoms with Crippen LogP contribution in [0.15, 0.2) is 22.7 Å². The van der Waals surface area contributed by atoms with Crippen LogP contribution in [0.4, 0.5) is 5.82 Å². The maximum absolute atomic E-state index is 11.0. The summed E-state index contributed by atoms with van der Waals surface area (Å²) in [6.45, 7) is 5.99. The van der Waals surface area contributed by atoms with E-state index in [4.69, 9.17) is 14.3 Å². The molecular weight excluding hydrogens is 390 g/mol. The lowest BCUT2D eigenvalue weighted by Crippen LogP contribution is -2.27. The van der Waals surface area contributed by atoms with Gasteiger partial charge in [0.1, 0.15) is 22.9 Å². The van der Waals surface area contributed by atoms with Crippen LogP contribution in [0.3, 0.4) is 0 Å². The van der Waals surface area contributed by atoms with Gasteiger partial charge in [-0.3, -0.25) is 4.79 Å². The second-order valence-electron chi connectivity index (χ2n) is 7.08. The Morgan fingerprint density at radius 3 is 2.72 bits per heavy atom. The van der Waals surface area contributed by atoms with Crippen LogP contribution in [0.2, 0.25) is 0 Å². The van der Waals surface area contributed by atoms with Gasteiger partial charge in [-0.15, -0.1) is 11.8 Å². The summed E-state index contributed by atoms with van der Waals surface area (Å²) in [6.07, 6.45) is 2.38. The molecule has 0 aliphatic carbocycles. The van der Waals surface area contributed by atoms with Crippen LogP contribution in [0.5, 0.6) is 0 Å². The molecule has 0 fully saturated rings. The standard InChI is InChI=1S/C21H27N3O4S/c1-15-17(10-12-27-11-6-7-13-29-21(2,3)20(25)26)23-19(28-15)16-8-9-18(22-14-16)24(4)5/h8-9,14H,10-13H2,1-5H3,(H,25,26). The van der Waals surface area contributed by atoms with Crippen LogP contribution in [0.1, 0.15) is 25.3 Å². The van der Waals surface area contributed by atoms with Crippen molar-refractivity contribution in [2.24, 2.45) is 0 Å². The van der Waals surface area contributed by atoms with Crippen molar-refractivity contribution in [2.45, 2.75) is 31.9 Å². The van der Waals surface area contributed by atoms with Gasteiger partial charge in [-0.1, -0.05) is 11.8 Å². The van der Waals surface area contributed by atoms with Gasteiger partial charge in [-0.25, -0.2) is 9.97 Å². The Kier molecular flexibility index (Phi) is 8.11. The number of aryl methyl sites for hydroxylation is 1. The maximum atomic E-state index is 11.0. The third-order valence-corrected chi connectivity index (χ3v) is 5.33. The predicted octanol–water partition coefficient (Wildman–Crippen LogP) is 3.27. The minimum Gasteiger partial charge on any atom is -0.480 e. The van der Waals surface area contributed by atoms with Crippen molar-refractivity contribution < 1.29 is 19.1 Å². The van der Waals surface area contributed by atoms with Crippen molar-refractivity contribution in [3.05, 3.63) is 29.8 Å². The van der Waals surface area contributed by atoms with Gasteiger partial charge in [0.05, 0.1) is 23.6 Å². The molecule has 0 bridgehead atoms. The number of hydrogen-bond acceptors (Lipinski definition) is 7. The maximum Gasteiger partial charge on any atom is 0.319 e. The Labute approximate surface area is 175 Å². The number of rotatable bonds is 9. The third-order valence-electron chi connectivity index (χ3n) is 4.15. The fourth-order valence-electron chi connectivity index (χ4n) is 2.23. The number of oxazole rings is 1. The molecule has 0 spiro atoms. The number of pyridine rings is 1. The van der Waals surface area contributed by atoms with Gasteiger partial charge in [0.2, 0.25) is 5.89 Å². The van der Waals surface area contributed by atoms with Crippen molar-refractivity contribution in [3.63, 3.8) is 0 Å². The van der Waals surface area contributed by atoms with Crippen LogP contribution < -0.4 is 4.90 Å². The van der Waals surface area contributed by atoms with Crippen molar-refractivity contribution >= 4 is 23.5 Å². The highest BCUT2D eigenvalue weighted by atomic mass is 32.2. The summed E-state index contributed by atoms with van der Waals surface area (Å²) in [5, 5.41) is 9.04. The smallest absolute Gasteiger partial charge is 0.319 e. The first kappa shape index (κ1) is 22.8. The summed E-state index contributed by atoms with van der Waals surface area (Å²) in [6, 6.07) is 3.86. The molecule has 2 aromatic rings. The first-order chi connectivity index (χ1) is 13.7. The zero-order chi connectivity index (χ0) is 21.4. The summed E-state index contributed by atoms with van der Waals surface area (Å²) in [4.78, 5) is 21.9. The zero-order valence-electron chi connectivity index (χ0n) is 17.5. The summed E-state index contributed by atoms with van der Waals surface area (Å²) in [7, 11) is 3.88. The zero-order valence-corrected chi connectivity index (χ0v) is 18.3. The number of aliphatic carboxylic acids is 1.